The van der Waals surface area contributed by atoms with E-state index in [4.69, 9.17) is 11.6 Å². The second-order valence-corrected chi connectivity index (χ2v) is 9.12. The predicted octanol–water partition coefficient (Wildman–Crippen LogP) is 8.23. The van der Waals surface area contributed by atoms with Gasteiger partial charge in [0, 0.05) is 28.7 Å². The summed E-state index contributed by atoms with van der Waals surface area (Å²) in [5.74, 6) is -0.319. The van der Waals surface area contributed by atoms with Crippen molar-refractivity contribution in [2.45, 2.75) is 24.0 Å². The minimum atomic E-state index is -4.77. The predicted molar refractivity (Wildman–Crippen MR) is 129 cm³/mol. The van der Waals surface area contributed by atoms with Crippen LogP contribution in [0.3, 0.4) is 0 Å². The van der Waals surface area contributed by atoms with E-state index in [9.17, 15) is 26.3 Å². The van der Waals surface area contributed by atoms with Crippen molar-refractivity contribution in [3.8, 4) is 5.75 Å². The van der Waals surface area contributed by atoms with Gasteiger partial charge in [-0.25, -0.2) is 0 Å². The van der Waals surface area contributed by atoms with Crippen LogP contribution in [0.25, 0.3) is 10.9 Å². The molecule has 4 aromatic rings. The lowest BCUT2D eigenvalue weighted by Crippen LogP contribution is -2.16. The lowest BCUT2D eigenvalue weighted by atomic mass is 10.1. The molecule has 4 rings (SSSR count). The Labute approximate surface area is 211 Å². The number of rotatable bonds is 7. The molecule has 3 aromatic carbocycles. The summed E-state index contributed by atoms with van der Waals surface area (Å²) in [5, 5.41) is 6.99. The molecule has 190 valence electrons. The van der Waals surface area contributed by atoms with Gasteiger partial charge in [-0.2, -0.15) is 13.2 Å². The highest BCUT2D eigenvalue weighted by Crippen LogP contribution is 2.37. The van der Waals surface area contributed by atoms with Gasteiger partial charge in [-0.1, -0.05) is 17.7 Å². The summed E-state index contributed by atoms with van der Waals surface area (Å²) in [6.07, 6.45) is -7.37. The maximum absolute atomic E-state index is 12.9. The molecular weight excluding hydrogens is 528 g/mol. The number of nitrogens with one attached hydrogen (secondary N) is 2. The van der Waals surface area contributed by atoms with Crippen LogP contribution >= 0.6 is 23.5 Å². The lowest BCUT2D eigenvalue weighted by molar-refractivity contribution is -0.274. The van der Waals surface area contributed by atoms with Gasteiger partial charge in [-0.05, 0) is 79.2 Å². The Balaban J connectivity index is 1.63. The third-order valence-electron chi connectivity index (χ3n) is 5.06. The van der Waals surface area contributed by atoms with Gasteiger partial charge in [0.05, 0.1) is 21.8 Å². The van der Waals surface area contributed by atoms with Crippen LogP contribution in [0.4, 0.5) is 37.7 Å². The van der Waals surface area contributed by atoms with E-state index in [-0.39, 0.29) is 10.8 Å². The van der Waals surface area contributed by atoms with Gasteiger partial charge in [0.1, 0.15) is 5.75 Å². The number of hydrogen-bond acceptors (Lipinski definition) is 4. The highest BCUT2D eigenvalue weighted by atomic mass is 35.5. The molecule has 12 heteroatoms. The standard InChI is InChI=1S/C24H18ClF6N3OS/c1-32-12-14-13-34(36-18-6-4-17(5-7-18)35-24(29,30)31)22-11-16(3-8-19(14)22)33-21-9-2-15(10-20(21)25)23(26,27)28/h2-11,13,32-33H,12H2,1H3. The summed E-state index contributed by atoms with van der Waals surface area (Å²) in [4.78, 5) is 0.668. The van der Waals surface area contributed by atoms with Gasteiger partial charge in [0.15, 0.2) is 0 Å². The molecule has 1 aromatic heterocycles. The third-order valence-corrected chi connectivity index (χ3v) is 6.35. The zero-order chi connectivity index (χ0) is 26.1. The Morgan fingerprint density at radius 1 is 0.944 bits per heavy atom. The second kappa shape index (κ2) is 10.2. The number of halogens is 7. The summed E-state index contributed by atoms with van der Waals surface area (Å²) < 4.78 is 81.9. The second-order valence-electron chi connectivity index (χ2n) is 7.67. The average Bonchev–Trinajstić information content (AvgIpc) is 3.11. The van der Waals surface area contributed by atoms with Gasteiger partial charge in [0.2, 0.25) is 0 Å². The van der Waals surface area contributed by atoms with Crippen molar-refractivity contribution in [1.82, 2.24) is 9.29 Å². The summed E-state index contributed by atoms with van der Waals surface area (Å²) in [6, 6.07) is 14.0. The number of ether oxygens (including phenoxy) is 1. The molecule has 0 spiro atoms. The molecule has 0 aliphatic rings. The van der Waals surface area contributed by atoms with E-state index >= 15 is 0 Å². The van der Waals surface area contributed by atoms with E-state index in [0.29, 0.717) is 22.8 Å². The molecular formula is C24H18ClF6N3OS. The third kappa shape index (κ3) is 6.21. The molecule has 0 fully saturated rings. The molecule has 0 unspecified atom stereocenters. The van der Waals surface area contributed by atoms with E-state index < -0.39 is 18.1 Å². The number of alkyl halides is 6. The van der Waals surface area contributed by atoms with Crippen molar-refractivity contribution < 1.29 is 31.1 Å². The minimum Gasteiger partial charge on any atom is -0.406 e. The molecule has 36 heavy (non-hydrogen) atoms. The molecule has 4 nitrogen and oxygen atoms in total. The van der Waals surface area contributed by atoms with Crippen molar-refractivity contribution in [3.05, 3.63) is 83.0 Å². The smallest absolute Gasteiger partial charge is 0.406 e. The first kappa shape index (κ1) is 26.1. The molecule has 2 N–H and O–H groups in total. The molecule has 0 atom stereocenters. The van der Waals surface area contributed by atoms with Crippen LogP contribution in [0.2, 0.25) is 5.02 Å². The Bertz CT molecular complexity index is 1370. The van der Waals surface area contributed by atoms with Gasteiger partial charge in [-0.15, -0.1) is 13.2 Å². The highest BCUT2D eigenvalue weighted by Gasteiger charge is 2.31. The van der Waals surface area contributed by atoms with E-state index in [0.717, 1.165) is 28.6 Å². The zero-order valence-electron chi connectivity index (χ0n) is 18.5. The molecule has 0 radical (unpaired) electrons. The molecule has 1 heterocycles. The Hall–Kier alpha value is -3.02. The topological polar surface area (TPSA) is 38.2 Å². The van der Waals surface area contributed by atoms with Crippen LogP contribution in [-0.2, 0) is 12.7 Å². The number of aromatic nitrogens is 1. The summed E-state index contributed by atoms with van der Waals surface area (Å²) in [6.45, 7) is 0.569. The number of hydrogen-bond donors (Lipinski definition) is 2. The SMILES string of the molecule is CNCc1cn(Sc2ccc(OC(F)(F)F)cc2)c2cc(Nc3ccc(C(F)(F)F)cc3Cl)ccc12. The summed E-state index contributed by atoms with van der Waals surface area (Å²) >= 11 is 7.37. The van der Waals surface area contributed by atoms with E-state index in [2.05, 4.69) is 15.4 Å². The van der Waals surface area contributed by atoms with Crippen molar-refractivity contribution in [2.24, 2.45) is 0 Å². The fraction of sp³-hybridized carbons (Fsp3) is 0.167. The maximum atomic E-state index is 12.9. The molecule has 0 aliphatic heterocycles. The molecule has 0 saturated carbocycles. The van der Waals surface area contributed by atoms with E-state index in [1.165, 1.54) is 42.3 Å². The Kier molecular flexibility index (Phi) is 7.35. The van der Waals surface area contributed by atoms with Gasteiger partial charge >= 0.3 is 12.5 Å². The van der Waals surface area contributed by atoms with Crippen LogP contribution in [0.5, 0.6) is 5.75 Å². The first-order valence-corrected chi connectivity index (χ1v) is 11.5. The van der Waals surface area contributed by atoms with Crippen LogP contribution in [-0.4, -0.2) is 17.4 Å². The van der Waals surface area contributed by atoms with E-state index in [1.807, 2.05) is 22.3 Å². The van der Waals surface area contributed by atoms with Crippen LogP contribution < -0.4 is 15.4 Å². The van der Waals surface area contributed by atoms with Crippen molar-refractivity contribution in [2.75, 3.05) is 12.4 Å². The first-order valence-electron chi connectivity index (χ1n) is 10.4. The van der Waals surface area contributed by atoms with Crippen molar-refractivity contribution in [3.63, 3.8) is 0 Å². The van der Waals surface area contributed by atoms with Crippen LogP contribution in [0.1, 0.15) is 11.1 Å². The number of benzene rings is 3. The molecule has 0 saturated heterocycles. The van der Waals surface area contributed by atoms with Gasteiger partial charge in [0.25, 0.3) is 0 Å². The highest BCUT2D eigenvalue weighted by molar-refractivity contribution is 7.98. The zero-order valence-corrected chi connectivity index (χ0v) is 20.0. The van der Waals surface area contributed by atoms with Crippen LogP contribution in [0, 0.1) is 0 Å². The largest absolute Gasteiger partial charge is 0.573 e. The fourth-order valence-corrected chi connectivity index (χ4v) is 4.66. The van der Waals surface area contributed by atoms with Gasteiger partial charge < -0.3 is 15.4 Å². The Morgan fingerprint density at radius 2 is 1.67 bits per heavy atom. The quantitative estimate of drug-likeness (QED) is 0.229. The van der Waals surface area contributed by atoms with Crippen molar-refractivity contribution >= 4 is 45.8 Å². The molecule has 0 aliphatic carbocycles. The first-order chi connectivity index (χ1) is 16.9. The Morgan fingerprint density at radius 3 is 2.28 bits per heavy atom. The van der Waals surface area contributed by atoms with Crippen molar-refractivity contribution in [1.29, 1.82) is 0 Å². The van der Waals surface area contributed by atoms with E-state index in [1.54, 1.807) is 13.1 Å². The average molecular weight is 546 g/mol. The minimum absolute atomic E-state index is 0.0771. The molecule has 0 bridgehead atoms. The fourth-order valence-electron chi connectivity index (χ4n) is 3.51. The summed E-state index contributed by atoms with van der Waals surface area (Å²) in [5.41, 5.74) is 1.83. The number of nitrogens with zero attached hydrogens (tertiary/aromatic N) is 1. The normalized spacial score (nSPS) is 12.2. The summed E-state index contributed by atoms with van der Waals surface area (Å²) in [7, 11) is 1.80. The number of anilines is 2. The molecule has 0 amide bonds. The van der Waals surface area contributed by atoms with Gasteiger partial charge in [-0.3, -0.25) is 3.97 Å². The number of fused-ring (bicyclic) bond motifs is 1. The lowest BCUT2D eigenvalue weighted by Gasteiger charge is -2.13. The van der Waals surface area contributed by atoms with Crippen LogP contribution in [0.15, 0.2) is 71.8 Å². The maximum Gasteiger partial charge on any atom is 0.573 e. The monoisotopic (exact) mass is 545 g/mol.